The molecule has 1 rings (SSSR count). The van der Waals surface area contributed by atoms with E-state index in [2.05, 4.69) is 12.3 Å². The van der Waals surface area contributed by atoms with E-state index >= 15 is 0 Å². The molecule has 0 aromatic heterocycles. The predicted octanol–water partition coefficient (Wildman–Crippen LogP) is 2.76. The summed E-state index contributed by atoms with van der Waals surface area (Å²) in [5, 5.41) is 0. The lowest BCUT2D eigenvalue weighted by Gasteiger charge is -2.42. The quantitative estimate of drug-likeness (QED) is 0.365. The largest absolute Gasteiger partial charge is 0.381 e. The molecule has 1 aliphatic heterocycles. The van der Waals surface area contributed by atoms with E-state index in [1.165, 1.54) is 38.5 Å². The number of nitrogens with one attached hydrogen (secondary N) is 1. The van der Waals surface area contributed by atoms with Gasteiger partial charge in [-0.05, 0) is 6.42 Å². The molecule has 0 aliphatic carbocycles. The Bertz CT molecular complexity index is 218. The monoisotopic (exact) mass is 272 g/mol. The summed E-state index contributed by atoms with van der Waals surface area (Å²) >= 11 is 0. The minimum Gasteiger partial charge on any atom is -0.381 e. The first-order valence-corrected chi connectivity index (χ1v) is 7.88. The van der Waals surface area contributed by atoms with E-state index in [0.29, 0.717) is 0 Å². The van der Waals surface area contributed by atoms with Crippen LogP contribution in [0.15, 0.2) is 0 Å². The van der Waals surface area contributed by atoms with Gasteiger partial charge in [0.2, 0.25) is 0 Å². The molecule has 0 saturated carbocycles. The van der Waals surface area contributed by atoms with Crippen molar-refractivity contribution in [3.05, 3.63) is 0 Å². The number of hydrogen-bond donors (Lipinski definition) is 2. The minimum atomic E-state index is -0.129. The van der Waals surface area contributed by atoms with Crippen molar-refractivity contribution in [2.45, 2.75) is 76.4 Å². The van der Waals surface area contributed by atoms with Gasteiger partial charge < -0.3 is 9.47 Å². The second kappa shape index (κ2) is 9.70. The Hall–Kier alpha value is -0.160. The summed E-state index contributed by atoms with van der Waals surface area (Å²) in [6.07, 6.45) is 10.9. The maximum Gasteiger partial charge on any atom is 0.0888 e. The van der Waals surface area contributed by atoms with Gasteiger partial charge in [-0.1, -0.05) is 45.4 Å². The topological polar surface area (TPSA) is 56.5 Å². The van der Waals surface area contributed by atoms with Crippen LogP contribution < -0.4 is 11.3 Å². The van der Waals surface area contributed by atoms with Crippen molar-refractivity contribution in [3.63, 3.8) is 0 Å². The number of unbranched alkanes of at least 4 members (excludes halogenated alkanes) is 5. The molecule has 3 N–H and O–H groups in total. The maximum absolute atomic E-state index is 5.80. The number of rotatable bonds is 10. The SMILES string of the molecule is CCCCCCCCC(NN)C1(OC)CCOCC1. The van der Waals surface area contributed by atoms with Crippen molar-refractivity contribution < 1.29 is 9.47 Å². The second-order valence-corrected chi connectivity index (χ2v) is 5.66. The molecule has 0 amide bonds. The Morgan fingerprint density at radius 3 is 2.37 bits per heavy atom. The third-order valence-corrected chi connectivity index (χ3v) is 4.43. The van der Waals surface area contributed by atoms with Gasteiger partial charge in [-0.15, -0.1) is 0 Å². The summed E-state index contributed by atoms with van der Waals surface area (Å²) in [6, 6.07) is 0.243. The third-order valence-electron chi connectivity index (χ3n) is 4.43. The summed E-state index contributed by atoms with van der Waals surface area (Å²) in [6.45, 7) is 3.81. The Morgan fingerprint density at radius 1 is 1.16 bits per heavy atom. The van der Waals surface area contributed by atoms with Crippen LogP contribution in [0.5, 0.6) is 0 Å². The van der Waals surface area contributed by atoms with Gasteiger partial charge in [0.15, 0.2) is 0 Å². The van der Waals surface area contributed by atoms with Gasteiger partial charge in [0.25, 0.3) is 0 Å². The van der Waals surface area contributed by atoms with E-state index in [-0.39, 0.29) is 11.6 Å². The molecule has 1 saturated heterocycles. The van der Waals surface area contributed by atoms with E-state index in [0.717, 1.165) is 32.5 Å². The van der Waals surface area contributed by atoms with Crippen molar-refractivity contribution in [2.24, 2.45) is 5.84 Å². The van der Waals surface area contributed by atoms with Crippen LogP contribution >= 0.6 is 0 Å². The average molecular weight is 272 g/mol. The average Bonchev–Trinajstić information content (AvgIpc) is 2.47. The zero-order valence-corrected chi connectivity index (χ0v) is 12.7. The minimum absolute atomic E-state index is 0.129. The third kappa shape index (κ3) is 5.38. The fraction of sp³-hybridized carbons (Fsp3) is 1.00. The molecule has 1 aliphatic rings. The summed E-state index contributed by atoms with van der Waals surface area (Å²) < 4.78 is 11.2. The van der Waals surface area contributed by atoms with Crippen molar-refractivity contribution in [2.75, 3.05) is 20.3 Å². The van der Waals surface area contributed by atoms with Crippen molar-refractivity contribution in [3.8, 4) is 0 Å². The van der Waals surface area contributed by atoms with Crippen molar-refractivity contribution in [1.29, 1.82) is 0 Å². The lowest BCUT2D eigenvalue weighted by Crippen LogP contribution is -2.57. The maximum atomic E-state index is 5.80. The molecular formula is C15H32N2O2. The Labute approximate surface area is 118 Å². The molecule has 1 atom stereocenters. The molecular weight excluding hydrogens is 240 g/mol. The van der Waals surface area contributed by atoms with Gasteiger partial charge in [0.1, 0.15) is 0 Å². The molecule has 4 heteroatoms. The summed E-state index contributed by atoms with van der Waals surface area (Å²) in [5.74, 6) is 5.76. The fourth-order valence-corrected chi connectivity index (χ4v) is 3.04. The molecule has 1 unspecified atom stereocenters. The molecule has 0 aromatic carbocycles. The van der Waals surface area contributed by atoms with E-state index in [1.807, 2.05) is 0 Å². The van der Waals surface area contributed by atoms with Gasteiger partial charge in [-0.3, -0.25) is 11.3 Å². The first-order valence-electron chi connectivity index (χ1n) is 7.88. The van der Waals surface area contributed by atoms with Gasteiger partial charge in [0, 0.05) is 33.2 Å². The standard InChI is InChI=1S/C15H32N2O2/c1-3-4-5-6-7-8-9-14(17-16)15(18-2)10-12-19-13-11-15/h14,17H,3-13,16H2,1-2H3. The van der Waals surface area contributed by atoms with E-state index in [1.54, 1.807) is 7.11 Å². The first kappa shape index (κ1) is 16.9. The highest BCUT2D eigenvalue weighted by Crippen LogP contribution is 2.30. The molecule has 4 nitrogen and oxygen atoms in total. The second-order valence-electron chi connectivity index (χ2n) is 5.66. The van der Waals surface area contributed by atoms with Gasteiger partial charge in [-0.25, -0.2) is 0 Å². The highest BCUT2D eigenvalue weighted by Gasteiger charge is 2.39. The van der Waals surface area contributed by atoms with E-state index in [4.69, 9.17) is 15.3 Å². The first-order chi connectivity index (χ1) is 9.29. The van der Waals surface area contributed by atoms with Gasteiger partial charge in [0.05, 0.1) is 11.6 Å². The lowest BCUT2D eigenvalue weighted by molar-refractivity contribution is -0.112. The fourth-order valence-electron chi connectivity index (χ4n) is 3.04. The van der Waals surface area contributed by atoms with Crippen molar-refractivity contribution >= 4 is 0 Å². The number of methoxy groups -OCH3 is 1. The van der Waals surface area contributed by atoms with Crippen LogP contribution in [0.1, 0.15) is 64.7 Å². The lowest BCUT2D eigenvalue weighted by atomic mass is 9.83. The van der Waals surface area contributed by atoms with E-state index < -0.39 is 0 Å². The molecule has 1 fully saturated rings. The predicted molar refractivity (Wildman–Crippen MR) is 78.9 cm³/mol. The Morgan fingerprint density at radius 2 is 1.79 bits per heavy atom. The number of ether oxygens (including phenoxy) is 2. The summed E-state index contributed by atoms with van der Waals surface area (Å²) in [7, 11) is 1.80. The smallest absolute Gasteiger partial charge is 0.0888 e. The molecule has 19 heavy (non-hydrogen) atoms. The molecule has 0 bridgehead atoms. The summed E-state index contributed by atoms with van der Waals surface area (Å²) in [5.41, 5.74) is 2.86. The summed E-state index contributed by atoms with van der Waals surface area (Å²) in [4.78, 5) is 0. The number of hydrogen-bond acceptors (Lipinski definition) is 4. The Balaban J connectivity index is 2.30. The molecule has 0 radical (unpaired) electrons. The molecule has 0 aromatic rings. The van der Waals surface area contributed by atoms with Gasteiger partial charge in [-0.2, -0.15) is 0 Å². The number of nitrogens with two attached hydrogens (primary N) is 1. The zero-order chi connectivity index (χ0) is 14.0. The van der Waals surface area contributed by atoms with Crippen molar-refractivity contribution in [1.82, 2.24) is 5.43 Å². The number of hydrazine groups is 1. The van der Waals surface area contributed by atoms with E-state index in [9.17, 15) is 0 Å². The van der Waals surface area contributed by atoms with Crippen LogP contribution in [-0.4, -0.2) is 32.0 Å². The van der Waals surface area contributed by atoms with Gasteiger partial charge >= 0.3 is 0 Å². The van der Waals surface area contributed by atoms with Crippen LogP contribution in [0.3, 0.4) is 0 Å². The highest BCUT2D eigenvalue weighted by molar-refractivity contribution is 4.93. The molecule has 114 valence electrons. The zero-order valence-electron chi connectivity index (χ0n) is 12.7. The Kier molecular flexibility index (Phi) is 8.62. The molecule has 1 heterocycles. The van der Waals surface area contributed by atoms with Crippen LogP contribution in [0.25, 0.3) is 0 Å². The molecule has 0 spiro atoms. The van der Waals surface area contributed by atoms with Crippen LogP contribution in [0.4, 0.5) is 0 Å². The van der Waals surface area contributed by atoms with Crippen LogP contribution in [0.2, 0.25) is 0 Å². The highest BCUT2D eigenvalue weighted by atomic mass is 16.5. The van der Waals surface area contributed by atoms with Crippen LogP contribution in [-0.2, 0) is 9.47 Å². The normalized spacial score (nSPS) is 20.4. The van der Waals surface area contributed by atoms with Crippen LogP contribution in [0, 0.1) is 0 Å².